The summed E-state index contributed by atoms with van der Waals surface area (Å²) in [5.41, 5.74) is -0.838. The van der Waals surface area contributed by atoms with Crippen LogP contribution in [0.3, 0.4) is 0 Å². The maximum Gasteiger partial charge on any atom is 0.239 e. The van der Waals surface area contributed by atoms with Gasteiger partial charge < -0.3 is 59.1 Å². The molecule has 194 valence electrons. The van der Waals surface area contributed by atoms with E-state index >= 15 is 0 Å². The van der Waals surface area contributed by atoms with Crippen molar-refractivity contribution in [1.29, 1.82) is 0 Å². The summed E-state index contributed by atoms with van der Waals surface area (Å²) in [5.74, 6) is -2.84. The molecule has 0 saturated carbocycles. The lowest BCUT2D eigenvalue weighted by Gasteiger charge is -2.39. The number of phenolic OH excluding ortho intramolecular Hbond substituents is 3. The van der Waals surface area contributed by atoms with E-state index in [1.807, 2.05) is 0 Å². The number of phenols is 3. The van der Waals surface area contributed by atoms with Gasteiger partial charge in [0.2, 0.25) is 23.2 Å². The maximum absolute atomic E-state index is 13.1. The molecule has 5 atom stereocenters. The van der Waals surface area contributed by atoms with Gasteiger partial charge in [-0.15, -0.1) is 0 Å². The summed E-state index contributed by atoms with van der Waals surface area (Å²) in [6, 6.07) is 5.15. The normalized spacial score (nSPS) is 24.0. The average molecular weight is 508 g/mol. The lowest BCUT2D eigenvalue weighted by atomic mass is 9.99. The molecule has 1 aliphatic rings. The number of methoxy groups -OCH3 is 2. The highest BCUT2D eigenvalue weighted by Crippen LogP contribution is 2.44. The SMILES string of the molecule is COc1cc(-c2oc3cc(O[C@@H]4O[C@H](CO)[C@@H](O)[C@H](O)[C@H]4O)c(O)c(O)c3c(=O)c2OC)ccc1O. The van der Waals surface area contributed by atoms with Gasteiger partial charge in [-0.1, -0.05) is 0 Å². The highest BCUT2D eigenvalue weighted by atomic mass is 16.7. The third-order valence-corrected chi connectivity index (χ3v) is 5.79. The molecular formula is C23H24O13. The molecule has 13 nitrogen and oxygen atoms in total. The van der Waals surface area contributed by atoms with Crippen LogP contribution in [0.2, 0.25) is 0 Å². The predicted octanol–water partition coefficient (Wildman–Crippen LogP) is -0.227. The number of fused-ring (bicyclic) bond motifs is 1. The molecule has 4 rings (SSSR count). The van der Waals surface area contributed by atoms with Crippen molar-refractivity contribution in [2.45, 2.75) is 30.7 Å². The van der Waals surface area contributed by atoms with Gasteiger partial charge in [0.1, 0.15) is 35.4 Å². The molecule has 2 heterocycles. The first-order valence-electron chi connectivity index (χ1n) is 10.6. The van der Waals surface area contributed by atoms with Gasteiger partial charge in [-0.25, -0.2) is 0 Å². The molecule has 0 aliphatic carbocycles. The lowest BCUT2D eigenvalue weighted by Crippen LogP contribution is -2.60. The van der Waals surface area contributed by atoms with E-state index in [1.165, 1.54) is 32.4 Å². The highest BCUT2D eigenvalue weighted by molar-refractivity contribution is 5.91. The topological polar surface area (TPSA) is 209 Å². The molecule has 36 heavy (non-hydrogen) atoms. The third-order valence-electron chi connectivity index (χ3n) is 5.79. The van der Waals surface area contributed by atoms with Crippen molar-refractivity contribution in [1.82, 2.24) is 0 Å². The molecule has 1 fully saturated rings. The first-order valence-corrected chi connectivity index (χ1v) is 10.6. The third kappa shape index (κ3) is 4.12. The molecule has 3 aromatic rings. The maximum atomic E-state index is 13.1. The summed E-state index contributed by atoms with van der Waals surface area (Å²) in [6.45, 7) is -0.714. The molecule has 0 bridgehead atoms. The molecule has 0 radical (unpaired) electrons. The smallest absolute Gasteiger partial charge is 0.239 e. The number of aliphatic hydroxyl groups is 4. The van der Waals surface area contributed by atoms with E-state index in [4.69, 9.17) is 23.4 Å². The van der Waals surface area contributed by atoms with Crippen molar-refractivity contribution in [2.75, 3.05) is 20.8 Å². The molecule has 1 saturated heterocycles. The minimum absolute atomic E-state index is 0.0810. The Balaban J connectivity index is 1.85. The standard InChI is InChI=1S/C23H24O13/c1-32-10-5-8(3-4-9(10)25)21-22(33-2)18(29)14-11(34-21)6-12(15(26)17(14)28)35-23-20(31)19(30)16(27)13(7-24)36-23/h3-6,13,16,19-20,23-28,30-31H,7H2,1-2H3/t13-,16-,19+,20-,23-/m1/s1. The number of ether oxygens (including phenoxy) is 4. The van der Waals surface area contributed by atoms with Crippen molar-refractivity contribution in [2.24, 2.45) is 0 Å². The van der Waals surface area contributed by atoms with Crippen LogP contribution in [0.25, 0.3) is 22.3 Å². The first-order chi connectivity index (χ1) is 17.1. The molecule has 7 N–H and O–H groups in total. The minimum Gasteiger partial charge on any atom is -0.504 e. The Hall–Kier alpha value is -3.75. The Morgan fingerprint density at radius 2 is 1.64 bits per heavy atom. The average Bonchev–Trinajstić information content (AvgIpc) is 2.87. The molecular weight excluding hydrogens is 484 g/mol. The van der Waals surface area contributed by atoms with Gasteiger partial charge >= 0.3 is 0 Å². The number of aromatic hydroxyl groups is 3. The van der Waals surface area contributed by atoms with Gasteiger partial charge in [-0.2, -0.15) is 0 Å². The van der Waals surface area contributed by atoms with Crippen LogP contribution in [0.5, 0.6) is 34.5 Å². The number of benzene rings is 2. The summed E-state index contributed by atoms with van der Waals surface area (Å²) in [6.07, 6.45) is -8.17. The Morgan fingerprint density at radius 1 is 0.917 bits per heavy atom. The lowest BCUT2D eigenvalue weighted by molar-refractivity contribution is -0.277. The zero-order valence-electron chi connectivity index (χ0n) is 19.0. The van der Waals surface area contributed by atoms with Gasteiger partial charge in [-0.05, 0) is 18.2 Å². The summed E-state index contributed by atoms with van der Waals surface area (Å²) in [5, 5.41) is 70.0. The number of rotatable bonds is 6. The quantitative estimate of drug-likeness (QED) is 0.215. The van der Waals surface area contributed by atoms with Gasteiger partial charge in [-0.3, -0.25) is 4.79 Å². The Labute approximate surface area is 202 Å². The molecule has 0 unspecified atom stereocenters. The second-order valence-electron chi connectivity index (χ2n) is 7.94. The Kier molecular flexibility index (Phi) is 6.84. The van der Waals surface area contributed by atoms with Gasteiger partial charge in [0.25, 0.3) is 0 Å². The van der Waals surface area contributed by atoms with Crippen LogP contribution >= 0.6 is 0 Å². The molecule has 1 aromatic heterocycles. The molecule has 1 aliphatic heterocycles. The van der Waals surface area contributed by atoms with Crippen LogP contribution in [0.1, 0.15) is 0 Å². The van der Waals surface area contributed by atoms with E-state index in [-0.39, 0.29) is 34.2 Å². The van der Waals surface area contributed by atoms with Crippen molar-refractivity contribution in [3.63, 3.8) is 0 Å². The molecule has 0 spiro atoms. The minimum atomic E-state index is -1.80. The predicted molar refractivity (Wildman–Crippen MR) is 120 cm³/mol. The fraction of sp³-hybridized carbons (Fsp3) is 0.348. The van der Waals surface area contributed by atoms with Gasteiger partial charge in [0.15, 0.2) is 28.8 Å². The van der Waals surface area contributed by atoms with E-state index in [0.717, 1.165) is 6.07 Å². The number of hydrogen-bond donors (Lipinski definition) is 7. The second-order valence-corrected chi connectivity index (χ2v) is 7.94. The summed E-state index contributed by atoms with van der Waals surface area (Å²) in [4.78, 5) is 13.1. The van der Waals surface area contributed by atoms with Gasteiger partial charge in [0.05, 0.1) is 20.8 Å². The summed E-state index contributed by atoms with van der Waals surface area (Å²) in [7, 11) is 2.53. The molecule has 13 heteroatoms. The van der Waals surface area contributed by atoms with Crippen molar-refractivity contribution in [3.8, 4) is 45.8 Å². The van der Waals surface area contributed by atoms with Crippen molar-refractivity contribution in [3.05, 3.63) is 34.5 Å². The van der Waals surface area contributed by atoms with Crippen LogP contribution in [-0.2, 0) is 4.74 Å². The fourth-order valence-corrected chi connectivity index (χ4v) is 3.86. The highest BCUT2D eigenvalue weighted by Gasteiger charge is 2.45. The van der Waals surface area contributed by atoms with Crippen LogP contribution in [0, 0.1) is 0 Å². The van der Waals surface area contributed by atoms with Crippen LogP contribution in [-0.4, -0.2) is 87.3 Å². The van der Waals surface area contributed by atoms with E-state index in [2.05, 4.69) is 0 Å². The fourth-order valence-electron chi connectivity index (χ4n) is 3.86. The molecule has 0 amide bonds. The Morgan fingerprint density at radius 3 is 2.28 bits per heavy atom. The monoisotopic (exact) mass is 508 g/mol. The Bertz CT molecular complexity index is 1330. The van der Waals surface area contributed by atoms with Crippen LogP contribution < -0.4 is 19.6 Å². The summed E-state index contributed by atoms with van der Waals surface area (Å²) >= 11 is 0. The van der Waals surface area contributed by atoms with E-state index in [9.17, 15) is 40.5 Å². The van der Waals surface area contributed by atoms with E-state index in [0.29, 0.717) is 0 Å². The van der Waals surface area contributed by atoms with Crippen molar-refractivity contribution < 1.29 is 59.1 Å². The van der Waals surface area contributed by atoms with E-state index in [1.54, 1.807) is 0 Å². The van der Waals surface area contributed by atoms with Gasteiger partial charge in [0, 0.05) is 11.6 Å². The van der Waals surface area contributed by atoms with E-state index < -0.39 is 65.4 Å². The zero-order chi connectivity index (χ0) is 26.3. The van der Waals surface area contributed by atoms with Crippen molar-refractivity contribution >= 4 is 11.0 Å². The second kappa shape index (κ2) is 9.72. The zero-order valence-corrected chi connectivity index (χ0v) is 19.0. The number of hydrogen-bond acceptors (Lipinski definition) is 13. The first kappa shape index (κ1) is 25.3. The van der Waals surface area contributed by atoms with Crippen LogP contribution in [0.4, 0.5) is 0 Å². The molecule has 2 aromatic carbocycles. The summed E-state index contributed by atoms with van der Waals surface area (Å²) < 4.78 is 26.8. The van der Waals surface area contributed by atoms with Crippen LogP contribution in [0.15, 0.2) is 33.5 Å². The largest absolute Gasteiger partial charge is 0.504 e. The number of aliphatic hydroxyl groups excluding tert-OH is 4.